The second-order valence-electron chi connectivity index (χ2n) is 17.5. The van der Waals surface area contributed by atoms with Gasteiger partial charge in [0.2, 0.25) is 5.91 Å². The van der Waals surface area contributed by atoms with Gasteiger partial charge in [-0.05, 0) is 57.8 Å². The quantitative estimate of drug-likeness (QED) is 0.0323. The van der Waals surface area contributed by atoms with Crippen LogP contribution in [0.25, 0.3) is 0 Å². The Balaban J connectivity index is 3.40. The highest BCUT2D eigenvalue weighted by Gasteiger charge is 2.20. The zero-order valence-corrected chi connectivity index (χ0v) is 38.8. The van der Waals surface area contributed by atoms with Crippen molar-refractivity contribution in [2.45, 2.75) is 283 Å². The SMILES string of the molecule is CCCCC/C=C\C/C=C\CCCCCCCC(=O)OCCCCCCCCCCCCCCCCCCCC(=O)NC(CO)C(O)CCCCCCCCCCC. The standard InChI is InChI=1S/C52H99NO5/c1-3-5-7-9-11-13-14-15-19-23-26-30-34-38-42-46-52(57)58-47-43-39-35-31-27-24-21-18-16-17-20-22-25-29-33-37-41-45-51(56)53-49(48-54)50(55)44-40-36-32-28-12-10-8-6-4-2/h11,13,15,19,49-50,54-55H,3-10,12,14,16-18,20-48H2,1-2H3,(H,53,56)/b13-11-,19-15-. The summed E-state index contributed by atoms with van der Waals surface area (Å²) < 4.78 is 5.46. The molecule has 0 aromatic carbocycles. The van der Waals surface area contributed by atoms with Crippen LogP contribution in [0.4, 0.5) is 0 Å². The third-order valence-corrected chi connectivity index (χ3v) is 11.8. The van der Waals surface area contributed by atoms with Crippen LogP contribution in [0.5, 0.6) is 0 Å². The van der Waals surface area contributed by atoms with E-state index in [1.165, 1.54) is 186 Å². The molecule has 0 aromatic heterocycles. The van der Waals surface area contributed by atoms with Crippen LogP contribution in [0.3, 0.4) is 0 Å². The summed E-state index contributed by atoms with van der Waals surface area (Å²) in [7, 11) is 0. The average Bonchev–Trinajstić information content (AvgIpc) is 3.22. The summed E-state index contributed by atoms with van der Waals surface area (Å²) in [6.45, 7) is 4.88. The largest absolute Gasteiger partial charge is 0.466 e. The Bertz CT molecular complexity index is 904. The summed E-state index contributed by atoms with van der Waals surface area (Å²) in [4.78, 5) is 24.4. The van der Waals surface area contributed by atoms with Crippen molar-refractivity contribution < 1.29 is 24.5 Å². The molecule has 6 nitrogen and oxygen atoms in total. The summed E-state index contributed by atoms with van der Waals surface area (Å²) in [6.07, 6.45) is 55.8. The topological polar surface area (TPSA) is 95.9 Å². The van der Waals surface area contributed by atoms with Crippen LogP contribution in [-0.4, -0.2) is 47.4 Å². The van der Waals surface area contributed by atoms with Crippen LogP contribution in [-0.2, 0) is 14.3 Å². The molecule has 0 aliphatic heterocycles. The smallest absolute Gasteiger partial charge is 0.305 e. The van der Waals surface area contributed by atoms with Crippen molar-refractivity contribution in [3.63, 3.8) is 0 Å². The van der Waals surface area contributed by atoms with Gasteiger partial charge in [0.25, 0.3) is 0 Å². The van der Waals surface area contributed by atoms with E-state index in [0.717, 1.165) is 51.4 Å². The number of allylic oxidation sites excluding steroid dienone is 4. The van der Waals surface area contributed by atoms with Gasteiger partial charge in [-0.25, -0.2) is 0 Å². The van der Waals surface area contributed by atoms with E-state index in [1.54, 1.807) is 0 Å². The fourth-order valence-electron chi connectivity index (χ4n) is 7.79. The highest BCUT2D eigenvalue weighted by molar-refractivity contribution is 5.76. The molecule has 0 radical (unpaired) electrons. The van der Waals surface area contributed by atoms with Gasteiger partial charge >= 0.3 is 5.97 Å². The molecular weight excluding hydrogens is 719 g/mol. The Morgan fingerprint density at radius 2 is 0.862 bits per heavy atom. The van der Waals surface area contributed by atoms with E-state index in [2.05, 4.69) is 43.5 Å². The van der Waals surface area contributed by atoms with Crippen LogP contribution in [0.15, 0.2) is 24.3 Å². The molecule has 0 saturated heterocycles. The summed E-state index contributed by atoms with van der Waals surface area (Å²) in [5.74, 6) is -0.0526. The van der Waals surface area contributed by atoms with E-state index in [4.69, 9.17) is 4.74 Å². The van der Waals surface area contributed by atoms with E-state index in [1.807, 2.05) is 0 Å². The van der Waals surface area contributed by atoms with Crippen LogP contribution in [0, 0.1) is 0 Å². The Morgan fingerprint density at radius 1 is 0.483 bits per heavy atom. The second kappa shape index (κ2) is 48.0. The maximum absolute atomic E-state index is 12.4. The second-order valence-corrected chi connectivity index (χ2v) is 17.5. The zero-order chi connectivity index (χ0) is 42.3. The monoisotopic (exact) mass is 818 g/mol. The lowest BCUT2D eigenvalue weighted by Gasteiger charge is -2.22. The zero-order valence-electron chi connectivity index (χ0n) is 38.8. The first-order valence-corrected chi connectivity index (χ1v) is 25.6. The molecule has 0 aliphatic carbocycles. The number of nitrogens with one attached hydrogen (secondary N) is 1. The number of hydrogen-bond donors (Lipinski definition) is 3. The van der Waals surface area contributed by atoms with E-state index in [0.29, 0.717) is 25.9 Å². The summed E-state index contributed by atoms with van der Waals surface area (Å²) in [5.41, 5.74) is 0. The average molecular weight is 818 g/mol. The molecule has 0 rings (SSSR count). The Labute approximate surface area is 361 Å². The van der Waals surface area contributed by atoms with Gasteiger partial charge in [0.15, 0.2) is 0 Å². The minimum atomic E-state index is -0.665. The molecule has 3 N–H and O–H groups in total. The van der Waals surface area contributed by atoms with E-state index < -0.39 is 12.1 Å². The fraction of sp³-hybridized carbons (Fsp3) is 0.885. The van der Waals surface area contributed by atoms with E-state index in [9.17, 15) is 19.8 Å². The molecule has 0 heterocycles. The van der Waals surface area contributed by atoms with Crippen molar-refractivity contribution in [1.29, 1.82) is 0 Å². The number of aliphatic hydroxyl groups is 2. The number of esters is 1. The molecule has 342 valence electrons. The van der Waals surface area contributed by atoms with Crippen LogP contribution in [0.1, 0.15) is 271 Å². The third kappa shape index (κ3) is 43.9. The number of unbranched alkanes of at least 4 members (excludes halogenated alkanes) is 32. The number of amides is 1. The third-order valence-electron chi connectivity index (χ3n) is 11.8. The van der Waals surface area contributed by atoms with Crippen molar-refractivity contribution in [3.8, 4) is 0 Å². The van der Waals surface area contributed by atoms with Crippen LogP contribution >= 0.6 is 0 Å². The molecule has 58 heavy (non-hydrogen) atoms. The van der Waals surface area contributed by atoms with Crippen molar-refractivity contribution in [1.82, 2.24) is 5.32 Å². The van der Waals surface area contributed by atoms with Gasteiger partial charge in [-0.1, -0.05) is 224 Å². The molecule has 6 heteroatoms. The molecular formula is C52H99NO5. The summed E-state index contributed by atoms with van der Waals surface area (Å²) in [5, 5.41) is 23.1. The molecule has 1 amide bonds. The predicted octanol–water partition coefficient (Wildman–Crippen LogP) is 15.1. The van der Waals surface area contributed by atoms with Crippen LogP contribution < -0.4 is 5.32 Å². The molecule has 0 saturated carbocycles. The Morgan fingerprint density at radius 3 is 1.34 bits per heavy atom. The lowest BCUT2D eigenvalue weighted by molar-refractivity contribution is -0.143. The normalized spacial score (nSPS) is 12.8. The number of carbonyl (C=O) groups is 2. The van der Waals surface area contributed by atoms with Crippen molar-refractivity contribution in [2.75, 3.05) is 13.2 Å². The molecule has 0 spiro atoms. The number of carbonyl (C=O) groups excluding carboxylic acids is 2. The Hall–Kier alpha value is -1.66. The van der Waals surface area contributed by atoms with Gasteiger partial charge in [0.1, 0.15) is 0 Å². The summed E-state index contributed by atoms with van der Waals surface area (Å²) >= 11 is 0. The van der Waals surface area contributed by atoms with Crippen LogP contribution in [0.2, 0.25) is 0 Å². The maximum atomic E-state index is 12.4. The highest BCUT2D eigenvalue weighted by Crippen LogP contribution is 2.16. The highest BCUT2D eigenvalue weighted by atomic mass is 16.5. The van der Waals surface area contributed by atoms with E-state index in [-0.39, 0.29) is 18.5 Å². The van der Waals surface area contributed by atoms with Crippen molar-refractivity contribution in [3.05, 3.63) is 24.3 Å². The van der Waals surface area contributed by atoms with Gasteiger partial charge in [-0.2, -0.15) is 0 Å². The molecule has 2 atom stereocenters. The first-order chi connectivity index (χ1) is 28.5. The van der Waals surface area contributed by atoms with Gasteiger partial charge in [0, 0.05) is 12.8 Å². The molecule has 2 unspecified atom stereocenters. The van der Waals surface area contributed by atoms with E-state index >= 15 is 0 Å². The lowest BCUT2D eigenvalue weighted by atomic mass is 10.0. The maximum Gasteiger partial charge on any atom is 0.305 e. The number of rotatable bonds is 47. The molecule has 0 bridgehead atoms. The predicted molar refractivity (Wildman–Crippen MR) is 250 cm³/mol. The first kappa shape index (κ1) is 56.3. The van der Waals surface area contributed by atoms with Crippen molar-refractivity contribution in [2.24, 2.45) is 0 Å². The minimum Gasteiger partial charge on any atom is -0.466 e. The lowest BCUT2D eigenvalue weighted by Crippen LogP contribution is -2.45. The Kier molecular flexibility index (Phi) is 46.6. The molecule has 0 aromatic rings. The number of ether oxygens (including phenoxy) is 1. The summed E-state index contributed by atoms with van der Waals surface area (Å²) in [6, 6.07) is -0.543. The van der Waals surface area contributed by atoms with Gasteiger partial charge < -0.3 is 20.3 Å². The minimum absolute atomic E-state index is 0.00911. The van der Waals surface area contributed by atoms with Gasteiger partial charge in [-0.3, -0.25) is 9.59 Å². The number of hydrogen-bond acceptors (Lipinski definition) is 5. The fourth-order valence-corrected chi connectivity index (χ4v) is 7.79. The number of aliphatic hydroxyl groups excluding tert-OH is 2. The molecule has 0 fully saturated rings. The van der Waals surface area contributed by atoms with Crippen molar-refractivity contribution >= 4 is 11.9 Å². The van der Waals surface area contributed by atoms with Gasteiger partial charge in [0.05, 0.1) is 25.4 Å². The molecule has 0 aliphatic rings. The van der Waals surface area contributed by atoms with Gasteiger partial charge in [-0.15, -0.1) is 0 Å². The first-order valence-electron chi connectivity index (χ1n) is 25.6.